The average Bonchev–Trinajstić information content (AvgIpc) is 2.84. The molecule has 1 atom stereocenters. The number of nitrogens with one attached hydrogen (secondary N) is 1. The van der Waals surface area contributed by atoms with Gasteiger partial charge < -0.3 is 19.5 Å². The van der Waals surface area contributed by atoms with E-state index in [9.17, 15) is 18.8 Å². The van der Waals surface area contributed by atoms with Crippen molar-refractivity contribution in [1.82, 2.24) is 14.8 Å². The number of ether oxygens (including phenoxy) is 1. The molecule has 0 saturated carbocycles. The molecule has 2 amide bonds. The monoisotopic (exact) mass is 485 g/mol. The largest absolute Gasteiger partial charge is 0.481 e. The number of benzene rings is 2. The Morgan fingerprint density at radius 1 is 1.06 bits per heavy atom. The van der Waals surface area contributed by atoms with Crippen LogP contribution in [0.5, 0.6) is 5.75 Å². The molecular formula is C25H25ClFN3O4. The number of fused-ring (bicyclic) bond motifs is 1. The summed E-state index contributed by atoms with van der Waals surface area (Å²) in [5.41, 5.74) is 0.912. The predicted molar refractivity (Wildman–Crippen MR) is 129 cm³/mol. The Balaban J connectivity index is 1.53. The molecule has 1 fully saturated rings. The Kier molecular flexibility index (Phi) is 6.88. The number of pyridine rings is 1. The van der Waals surface area contributed by atoms with Crippen molar-refractivity contribution in [1.29, 1.82) is 0 Å². The number of hydrogen-bond acceptors (Lipinski definition) is 4. The molecule has 2 aromatic carbocycles. The van der Waals surface area contributed by atoms with Gasteiger partial charge in [0.2, 0.25) is 5.91 Å². The van der Waals surface area contributed by atoms with Crippen molar-refractivity contribution < 1.29 is 18.7 Å². The number of amides is 2. The summed E-state index contributed by atoms with van der Waals surface area (Å²) in [6, 6.07) is 9.07. The van der Waals surface area contributed by atoms with Crippen molar-refractivity contribution in [3.8, 4) is 16.9 Å². The summed E-state index contributed by atoms with van der Waals surface area (Å²) in [7, 11) is 0. The second-order valence-electron chi connectivity index (χ2n) is 8.18. The SMILES string of the molecule is CCC(=O)N1CCN(C(=O)[C@@H](C)Oc2ccc3c(-c4ccc(F)cc4Cl)c[nH]c(=O)c3c2)CC1. The summed E-state index contributed by atoms with van der Waals surface area (Å²) < 4.78 is 19.4. The van der Waals surface area contributed by atoms with Crippen LogP contribution in [0.1, 0.15) is 20.3 Å². The van der Waals surface area contributed by atoms with Gasteiger partial charge in [-0.25, -0.2) is 4.39 Å². The van der Waals surface area contributed by atoms with E-state index in [4.69, 9.17) is 16.3 Å². The minimum Gasteiger partial charge on any atom is -0.481 e. The minimum absolute atomic E-state index is 0.0825. The maximum absolute atomic E-state index is 13.5. The lowest BCUT2D eigenvalue weighted by molar-refractivity contribution is -0.143. The summed E-state index contributed by atoms with van der Waals surface area (Å²) >= 11 is 6.23. The highest BCUT2D eigenvalue weighted by Crippen LogP contribution is 2.33. The van der Waals surface area contributed by atoms with Crippen molar-refractivity contribution in [2.45, 2.75) is 26.4 Å². The number of rotatable bonds is 5. The topological polar surface area (TPSA) is 82.7 Å². The van der Waals surface area contributed by atoms with Gasteiger partial charge in [0.1, 0.15) is 11.6 Å². The molecule has 9 heteroatoms. The zero-order valence-electron chi connectivity index (χ0n) is 18.9. The molecule has 178 valence electrons. The minimum atomic E-state index is -0.764. The Morgan fingerprint density at radius 3 is 2.44 bits per heavy atom. The number of aromatic amines is 1. The lowest BCUT2D eigenvalue weighted by Gasteiger charge is -2.35. The van der Waals surface area contributed by atoms with E-state index < -0.39 is 11.9 Å². The van der Waals surface area contributed by atoms with Crippen LogP contribution >= 0.6 is 11.6 Å². The quantitative estimate of drug-likeness (QED) is 0.595. The molecular weight excluding hydrogens is 461 g/mol. The number of nitrogens with zero attached hydrogens (tertiary/aromatic N) is 2. The lowest BCUT2D eigenvalue weighted by atomic mass is 10.0. The molecule has 2 heterocycles. The molecule has 0 bridgehead atoms. The second-order valence-corrected chi connectivity index (χ2v) is 8.59. The molecule has 1 saturated heterocycles. The number of carbonyl (C=O) groups is 2. The van der Waals surface area contributed by atoms with Crippen LogP contribution in [0.4, 0.5) is 4.39 Å². The van der Waals surface area contributed by atoms with Crippen LogP contribution < -0.4 is 10.3 Å². The maximum atomic E-state index is 13.5. The van der Waals surface area contributed by atoms with Crippen molar-refractivity contribution in [3.05, 3.63) is 63.8 Å². The van der Waals surface area contributed by atoms with Gasteiger partial charge in [-0.2, -0.15) is 0 Å². The van der Waals surface area contributed by atoms with Crippen LogP contribution in [0.25, 0.3) is 21.9 Å². The van der Waals surface area contributed by atoms with E-state index in [0.29, 0.717) is 60.2 Å². The first-order valence-electron chi connectivity index (χ1n) is 11.1. The van der Waals surface area contributed by atoms with Gasteiger partial charge in [-0.05, 0) is 48.7 Å². The Hall–Kier alpha value is -3.39. The highest BCUT2D eigenvalue weighted by molar-refractivity contribution is 6.33. The molecule has 1 aromatic heterocycles. The first-order chi connectivity index (χ1) is 16.3. The van der Waals surface area contributed by atoms with Gasteiger partial charge in [0, 0.05) is 49.9 Å². The summed E-state index contributed by atoms with van der Waals surface area (Å²) in [4.78, 5) is 43.4. The summed E-state index contributed by atoms with van der Waals surface area (Å²) in [6.07, 6.45) is 1.22. The van der Waals surface area contributed by atoms with Crippen molar-refractivity contribution >= 4 is 34.2 Å². The molecule has 7 nitrogen and oxygen atoms in total. The number of H-pyrrole nitrogens is 1. The normalized spacial score (nSPS) is 14.8. The Bertz CT molecular complexity index is 1300. The van der Waals surface area contributed by atoms with Gasteiger partial charge >= 0.3 is 0 Å². The third kappa shape index (κ3) is 4.77. The molecule has 0 radical (unpaired) electrons. The number of aromatic nitrogens is 1. The van der Waals surface area contributed by atoms with Gasteiger partial charge in [0.15, 0.2) is 6.10 Å². The van der Waals surface area contributed by atoms with E-state index in [1.54, 1.807) is 47.2 Å². The number of piperazine rings is 1. The zero-order chi connectivity index (χ0) is 24.4. The third-order valence-corrected chi connectivity index (χ3v) is 6.31. The molecule has 3 aromatic rings. The fraction of sp³-hybridized carbons (Fsp3) is 0.320. The molecule has 1 aliphatic heterocycles. The van der Waals surface area contributed by atoms with Crippen LogP contribution in [-0.4, -0.2) is 58.9 Å². The molecule has 4 rings (SSSR count). The zero-order valence-corrected chi connectivity index (χ0v) is 19.7. The predicted octanol–water partition coefficient (Wildman–Crippen LogP) is 3.84. The molecule has 0 spiro atoms. The van der Waals surface area contributed by atoms with E-state index in [1.807, 2.05) is 6.92 Å². The fourth-order valence-corrected chi connectivity index (χ4v) is 4.42. The van der Waals surface area contributed by atoms with E-state index in [0.717, 1.165) is 0 Å². The van der Waals surface area contributed by atoms with E-state index >= 15 is 0 Å². The highest BCUT2D eigenvalue weighted by Gasteiger charge is 2.27. The van der Waals surface area contributed by atoms with Gasteiger partial charge in [-0.1, -0.05) is 18.5 Å². The van der Waals surface area contributed by atoms with Crippen molar-refractivity contribution in [2.75, 3.05) is 26.2 Å². The van der Waals surface area contributed by atoms with Crippen molar-refractivity contribution in [2.24, 2.45) is 0 Å². The van der Waals surface area contributed by atoms with E-state index in [2.05, 4.69) is 4.98 Å². The fourth-order valence-electron chi connectivity index (χ4n) is 4.15. The van der Waals surface area contributed by atoms with E-state index in [1.165, 1.54) is 12.1 Å². The highest BCUT2D eigenvalue weighted by atomic mass is 35.5. The van der Waals surface area contributed by atoms with Crippen LogP contribution in [0.3, 0.4) is 0 Å². The number of carbonyl (C=O) groups excluding carboxylic acids is 2. The summed E-state index contributed by atoms with van der Waals surface area (Å²) in [6.45, 7) is 5.40. The molecule has 0 aliphatic carbocycles. The van der Waals surface area contributed by atoms with Crippen LogP contribution in [-0.2, 0) is 9.59 Å². The van der Waals surface area contributed by atoms with Crippen LogP contribution in [0.2, 0.25) is 5.02 Å². The molecule has 1 N–H and O–H groups in total. The summed E-state index contributed by atoms with van der Waals surface area (Å²) in [5.74, 6) is -0.167. The summed E-state index contributed by atoms with van der Waals surface area (Å²) in [5, 5.41) is 1.22. The third-order valence-electron chi connectivity index (χ3n) is 6.00. The molecule has 0 unspecified atom stereocenters. The smallest absolute Gasteiger partial charge is 0.263 e. The van der Waals surface area contributed by atoms with Gasteiger partial charge in [-0.15, -0.1) is 0 Å². The van der Waals surface area contributed by atoms with Crippen LogP contribution in [0.15, 0.2) is 47.4 Å². The van der Waals surface area contributed by atoms with Gasteiger partial charge in [0.25, 0.3) is 11.5 Å². The maximum Gasteiger partial charge on any atom is 0.263 e. The Labute approximate surface area is 201 Å². The number of hydrogen-bond donors (Lipinski definition) is 1. The second kappa shape index (κ2) is 9.85. The van der Waals surface area contributed by atoms with Crippen LogP contribution in [0, 0.1) is 5.82 Å². The van der Waals surface area contributed by atoms with E-state index in [-0.39, 0.29) is 22.4 Å². The molecule has 1 aliphatic rings. The number of halogens is 2. The first-order valence-corrected chi connectivity index (χ1v) is 11.5. The van der Waals surface area contributed by atoms with Crippen molar-refractivity contribution in [3.63, 3.8) is 0 Å². The average molecular weight is 486 g/mol. The first kappa shape index (κ1) is 23.8. The molecule has 34 heavy (non-hydrogen) atoms. The lowest BCUT2D eigenvalue weighted by Crippen LogP contribution is -2.53. The van der Waals surface area contributed by atoms with Gasteiger partial charge in [-0.3, -0.25) is 14.4 Å². The van der Waals surface area contributed by atoms with Gasteiger partial charge in [0.05, 0.1) is 10.4 Å². The Morgan fingerprint density at radius 2 is 1.76 bits per heavy atom. The standard InChI is InChI=1S/C25H25ClFN3O4/c1-3-23(31)29-8-10-30(11-9-29)25(33)15(2)34-17-5-7-18-20(13-17)24(32)28-14-21(18)19-6-4-16(27)12-22(19)26/h4-7,12-15H,3,8-11H2,1-2H3,(H,28,32)/t15-/m1/s1.